The van der Waals surface area contributed by atoms with Crippen molar-refractivity contribution in [2.45, 2.75) is 11.5 Å². The van der Waals surface area contributed by atoms with Gasteiger partial charge in [0.25, 0.3) is 0 Å². The van der Waals surface area contributed by atoms with Crippen LogP contribution in [0.2, 0.25) is 0 Å². The first-order chi connectivity index (χ1) is 13.0. The number of ether oxygens (including phenoxy) is 3. The van der Waals surface area contributed by atoms with Crippen molar-refractivity contribution in [1.29, 1.82) is 0 Å². The second-order valence-electron chi connectivity index (χ2n) is 5.83. The minimum absolute atomic E-state index is 0.0443. The zero-order valence-corrected chi connectivity index (χ0v) is 15.6. The number of esters is 1. The van der Waals surface area contributed by atoms with Crippen LogP contribution < -0.4 is 4.74 Å². The van der Waals surface area contributed by atoms with E-state index in [1.807, 2.05) is 0 Å². The number of benzene rings is 1. The fourth-order valence-corrected chi connectivity index (χ4v) is 4.06. The fraction of sp³-hybridized carbons (Fsp3) is 0.333. The standard InChI is InChI=1S/C18H20N2O6S/c1-24-17-6-5-15(12-19-17)18(21)26-13-14-3-2-4-16(11-14)27(22,23)20-7-9-25-10-8-20/h2-6,11-12H,7-10,13H2,1H3. The molecule has 144 valence electrons. The lowest BCUT2D eigenvalue weighted by molar-refractivity contribution is 0.0472. The summed E-state index contributed by atoms with van der Waals surface area (Å²) in [6.07, 6.45) is 1.36. The molecule has 1 aliphatic heterocycles. The van der Waals surface area contributed by atoms with E-state index in [0.717, 1.165) is 0 Å². The molecule has 1 aliphatic rings. The first-order valence-corrected chi connectivity index (χ1v) is 9.79. The molecular weight excluding hydrogens is 372 g/mol. The van der Waals surface area contributed by atoms with Crippen molar-refractivity contribution in [3.8, 4) is 5.88 Å². The van der Waals surface area contributed by atoms with E-state index >= 15 is 0 Å². The molecule has 1 saturated heterocycles. The molecular formula is C18H20N2O6S. The van der Waals surface area contributed by atoms with Crippen molar-refractivity contribution in [3.63, 3.8) is 0 Å². The molecule has 0 atom stereocenters. The number of aromatic nitrogens is 1. The molecule has 0 N–H and O–H groups in total. The van der Waals surface area contributed by atoms with E-state index in [0.29, 0.717) is 37.7 Å². The van der Waals surface area contributed by atoms with Crippen molar-refractivity contribution >= 4 is 16.0 Å². The molecule has 2 aromatic rings. The SMILES string of the molecule is COc1ccc(C(=O)OCc2cccc(S(=O)(=O)N3CCOCC3)c2)cn1. The van der Waals surface area contributed by atoms with Crippen LogP contribution in [0.1, 0.15) is 15.9 Å². The van der Waals surface area contributed by atoms with E-state index in [2.05, 4.69) is 4.98 Å². The molecule has 8 nitrogen and oxygen atoms in total. The van der Waals surface area contributed by atoms with E-state index in [1.54, 1.807) is 24.3 Å². The van der Waals surface area contributed by atoms with Crippen LogP contribution in [0.4, 0.5) is 0 Å². The Labute approximate surface area is 157 Å². The summed E-state index contributed by atoms with van der Waals surface area (Å²) in [5, 5.41) is 0. The highest BCUT2D eigenvalue weighted by molar-refractivity contribution is 7.89. The summed E-state index contributed by atoms with van der Waals surface area (Å²) in [6, 6.07) is 9.50. The van der Waals surface area contributed by atoms with E-state index in [1.165, 1.54) is 29.7 Å². The van der Waals surface area contributed by atoms with Crippen molar-refractivity contribution in [2.75, 3.05) is 33.4 Å². The first kappa shape index (κ1) is 19.3. The quantitative estimate of drug-likeness (QED) is 0.687. The van der Waals surface area contributed by atoms with Crippen LogP contribution in [-0.4, -0.2) is 57.1 Å². The molecule has 9 heteroatoms. The van der Waals surface area contributed by atoms with Crippen LogP contribution in [0.3, 0.4) is 0 Å². The third-order valence-electron chi connectivity index (χ3n) is 4.06. The van der Waals surface area contributed by atoms with Gasteiger partial charge in [-0.25, -0.2) is 18.2 Å². The lowest BCUT2D eigenvalue weighted by Gasteiger charge is -2.26. The van der Waals surface area contributed by atoms with E-state index in [4.69, 9.17) is 14.2 Å². The summed E-state index contributed by atoms with van der Waals surface area (Å²) >= 11 is 0. The molecule has 0 radical (unpaired) electrons. The molecule has 0 unspecified atom stereocenters. The Bertz CT molecular complexity index is 892. The average Bonchev–Trinajstić information content (AvgIpc) is 2.73. The fourth-order valence-electron chi connectivity index (χ4n) is 2.59. The molecule has 1 aromatic carbocycles. The molecule has 2 heterocycles. The van der Waals surface area contributed by atoms with Gasteiger partial charge in [-0.1, -0.05) is 12.1 Å². The second kappa shape index (κ2) is 8.47. The number of sulfonamides is 1. The van der Waals surface area contributed by atoms with Gasteiger partial charge >= 0.3 is 5.97 Å². The van der Waals surface area contributed by atoms with Gasteiger partial charge < -0.3 is 14.2 Å². The van der Waals surface area contributed by atoms with Gasteiger partial charge in [0.2, 0.25) is 15.9 Å². The Balaban J connectivity index is 1.67. The highest BCUT2D eigenvalue weighted by Gasteiger charge is 2.26. The number of hydrogen-bond donors (Lipinski definition) is 0. The van der Waals surface area contributed by atoms with Crippen molar-refractivity contribution < 1.29 is 27.4 Å². The third kappa shape index (κ3) is 4.62. The van der Waals surface area contributed by atoms with Crippen LogP contribution >= 0.6 is 0 Å². The average molecular weight is 392 g/mol. The molecule has 0 spiro atoms. The van der Waals surface area contributed by atoms with Gasteiger partial charge in [-0.3, -0.25) is 0 Å². The summed E-state index contributed by atoms with van der Waals surface area (Å²) in [5.41, 5.74) is 0.868. The molecule has 0 amide bonds. The Morgan fingerprint density at radius 3 is 2.67 bits per heavy atom. The second-order valence-corrected chi connectivity index (χ2v) is 7.77. The number of pyridine rings is 1. The third-order valence-corrected chi connectivity index (χ3v) is 5.95. The van der Waals surface area contributed by atoms with Gasteiger partial charge in [-0.15, -0.1) is 0 Å². The van der Waals surface area contributed by atoms with Gasteiger partial charge in [0.15, 0.2) is 0 Å². The van der Waals surface area contributed by atoms with Crippen LogP contribution in [0.25, 0.3) is 0 Å². The maximum atomic E-state index is 12.7. The van der Waals surface area contributed by atoms with Crippen LogP contribution in [0, 0.1) is 0 Å². The summed E-state index contributed by atoms with van der Waals surface area (Å²) < 4.78 is 42.2. The van der Waals surface area contributed by atoms with Crippen molar-refractivity contribution in [1.82, 2.24) is 9.29 Å². The van der Waals surface area contributed by atoms with Crippen LogP contribution in [-0.2, 0) is 26.1 Å². The Morgan fingerprint density at radius 1 is 1.22 bits per heavy atom. The van der Waals surface area contributed by atoms with Crippen molar-refractivity contribution in [2.24, 2.45) is 0 Å². The monoisotopic (exact) mass is 392 g/mol. The number of rotatable bonds is 6. The number of morpholine rings is 1. The zero-order chi connectivity index (χ0) is 19.3. The predicted octanol–water partition coefficient (Wildman–Crippen LogP) is 1.47. The maximum Gasteiger partial charge on any atom is 0.340 e. The van der Waals surface area contributed by atoms with E-state index in [9.17, 15) is 13.2 Å². The summed E-state index contributed by atoms with van der Waals surface area (Å²) in [6.45, 7) is 1.37. The predicted molar refractivity (Wildman–Crippen MR) is 95.9 cm³/mol. The van der Waals surface area contributed by atoms with Crippen LogP contribution in [0.15, 0.2) is 47.5 Å². The Kier molecular flexibility index (Phi) is 6.04. The molecule has 1 fully saturated rings. The molecule has 1 aromatic heterocycles. The van der Waals surface area contributed by atoms with E-state index in [-0.39, 0.29) is 17.1 Å². The minimum Gasteiger partial charge on any atom is -0.481 e. The topological polar surface area (TPSA) is 95.0 Å². The highest BCUT2D eigenvalue weighted by Crippen LogP contribution is 2.19. The molecule has 27 heavy (non-hydrogen) atoms. The normalized spacial score (nSPS) is 15.3. The summed E-state index contributed by atoms with van der Waals surface area (Å²) in [4.78, 5) is 16.2. The molecule has 0 bridgehead atoms. The number of carbonyl (C=O) groups is 1. The number of methoxy groups -OCH3 is 1. The van der Waals surface area contributed by atoms with Crippen molar-refractivity contribution in [3.05, 3.63) is 53.7 Å². The maximum absolute atomic E-state index is 12.7. The first-order valence-electron chi connectivity index (χ1n) is 8.35. The summed E-state index contributed by atoms with van der Waals surface area (Å²) in [7, 11) is -2.11. The Morgan fingerprint density at radius 2 is 2.00 bits per heavy atom. The number of nitrogens with zero attached hydrogens (tertiary/aromatic N) is 2. The largest absolute Gasteiger partial charge is 0.481 e. The highest BCUT2D eigenvalue weighted by atomic mass is 32.2. The Hall–Kier alpha value is -2.49. The smallest absolute Gasteiger partial charge is 0.340 e. The van der Waals surface area contributed by atoms with Crippen LogP contribution in [0.5, 0.6) is 5.88 Å². The molecule has 0 saturated carbocycles. The zero-order valence-electron chi connectivity index (χ0n) is 14.8. The van der Waals surface area contributed by atoms with Gasteiger partial charge in [0, 0.05) is 25.4 Å². The summed E-state index contributed by atoms with van der Waals surface area (Å²) in [5.74, 6) is -0.154. The number of carbonyl (C=O) groups excluding carboxylic acids is 1. The molecule has 3 rings (SSSR count). The van der Waals surface area contributed by atoms with Gasteiger partial charge in [-0.2, -0.15) is 4.31 Å². The van der Waals surface area contributed by atoms with Gasteiger partial charge in [-0.05, 0) is 23.8 Å². The molecule has 0 aliphatic carbocycles. The minimum atomic E-state index is -3.59. The lowest BCUT2D eigenvalue weighted by Crippen LogP contribution is -2.40. The van der Waals surface area contributed by atoms with Gasteiger partial charge in [0.05, 0.1) is 30.8 Å². The van der Waals surface area contributed by atoms with E-state index < -0.39 is 16.0 Å². The van der Waals surface area contributed by atoms with Gasteiger partial charge in [0.1, 0.15) is 6.61 Å². The lowest BCUT2D eigenvalue weighted by atomic mass is 10.2. The number of hydrogen-bond acceptors (Lipinski definition) is 7.